The van der Waals surface area contributed by atoms with E-state index in [1.165, 1.54) is 0 Å². The monoisotopic (exact) mass is 343 g/mol. The predicted molar refractivity (Wildman–Crippen MR) is 91.2 cm³/mol. The molecule has 6 nitrogen and oxygen atoms in total. The zero-order valence-electron chi connectivity index (χ0n) is 15.2. The van der Waals surface area contributed by atoms with Crippen molar-refractivity contribution in [2.75, 3.05) is 19.7 Å². The van der Waals surface area contributed by atoms with Crippen molar-refractivity contribution in [2.24, 2.45) is 0 Å². The Kier molecular flexibility index (Phi) is 11.3. The number of nitrogens with zero attached hydrogens (tertiary/aromatic N) is 1. The third kappa shape index (κ3) is 6.24. The molecule has 0 aromatic rings. The summed E-state index contributed by atoms with van der Waals surface area (Å²) < 4.78 is -0.203. The summed E-state index contributed by atoms with van der Waals surface area (Å²) in [5, 5.41) is 30.7. The number of aliphatic carboxylic acids is 2. The summed E-state index contributed by atoms with van der Waals surface area (Å²) in [6.45, 7) is 5.65. The van der Waals surface area contributed by atoms with Crippen LogP contribution in [0.3, 0.4) is 0 Å². The lowest BCUT2D eigenvalue weighted by atomic mass is 10.0. The van der Waals surface area contributed by atoms with E-state index in [-0.39, 0.29) is 30.6 Å². The van der Waals surface area contributed by atoms with Crippen molar-refractivity contribution < 1.29 is 29.4 Å². The summed E-state index contributed by atoms with van der Waals surface area (Å²) in [7, 11) is 0. The molecule has 0 aromatic heterocycles. The molecular formula is C18H33NO5. The molecule has 0 amide bonds. The number of aliphatic hydroxyl groups is 1. The Morgan fingerprint density at radius 3 is 2.12 bits per heavy atom. The molecule has 3 unspecified atom stereocenters. The van der Waals surface area contributed by atoms with Gasteiger partial charge in [-0.1, -0.05) is 39.7 Å². The molecule has 0 radical (unpaired) electrons. The number of allylic oxidation sites excluding steroid dienone is 1. The largest absolute Gasteiger partial charge is 0.544 e. The van der Waals surface area contributed by atoms with E-state index in [9.17, 15) is 24.9 Å². The Labute approximate surface area is 145 Å². The van der Waals surface area contributed by atoms with Crippen LogP contribution in [-0.4, -0.2) is 58.4 Å². The second kappa shape index (κ2) is 12.0. The Morgan fingerprint density at radius 1 is 1.08 bits per heavy atom. The average molecular weight is 343 g/mol. The van der Waals surface area contributed by atoms with Crippen molar-refractivity contribution in [3.05, 3.63) is 12.2 Å². The fraction of sp³-hybridized carbons (Fsp3) is 0.778. The SMILES string of the molecule is CCCCC/C=C\C[N+](CCO)(C(CC)C(=O)[O-])C(CC)C(=O)O. The lowest BCUT2D eigenvalue weighted by Crippen LogP contribution is -2.69. The molecule has 0 fully saturated rings. The van der Waals surface area contributed by atoms with Crippen LogP contribution >= 0.6 is 0 Å². The molecule has 140 valence electrons. The van der Waals surface area contributed by atoms with Crippen LogP contribution in [0.1, 0.15) is 59.3 Å². The van der Waals surface area contributed by atoms with Crippen molar-refractivity contribution in [3.8, 4) is 0 Å². The topological polar surface area (TPSA) is 97.7 Å². The van der Waals surface area contributed by atoms with Crippen molar-refractivity contribution in [1.82, 2.24) is 0 Å². The van der Waals surface area contributed by atoms with Gasteiger partial charge < -0.3 is 20.1 Å². The van der Waals surface area contributed by atoms with Gasteiger partial charge in [0, 0.05) is 12.8 Å². The van der Waals surface area contributed by atoms with Crippen molar-refractivity contribution in [3.63, 3.8) is 0 Å². The maximum atomic E-state index is 11.7. The van der Waals surface area contributed by atoms with Crippen LogP contribution in [0.5, 0.6) is 0 Å². The number of carbonyl (C=O) groups excluding carboxylic acids is 1. The number of quaternary nitrogens is 1. The highest BCUT2D eigenvalue weighted by Gasteiger charge is 2.45. The van der Waals surface area contributed by atoms with Crippen LogP contribution < -0.4 is 5.11 Å². The van der Waals surface area contributed by atoms with Crippen LogP contribution in [0.2, 0.25) is 0 Å². The molecule has 2 N–H and O–H groups in total. The number of unbranched alkanes of at least 4 members (excludes halogenated alkanes) is 3. The standard InChI is InChI=1S/C18H33NO5/c1-4-7-8-9-10-11-12-19(13-14-20,15(5-2)17(21)22)16(6-3)18(23)24/h10-11,15-16,20H,4-9,12-14H2,1-3H3,(H-,21,22,23,24)/b11-10-. The number of hydrogen-bond acceptors (Lipinski definition) is 4. The van der Waals surface area contributed by atoms with E-state index in [1.54, 1.807) is 13.8 Å². The first kappa shape index (κ1) is 22.6. The number of hydrogen-bond donors (Lipinski definition) is 2. The average Bonchev–Trinajstić information content (AvgIpc) is 2.51. The maximum absolute atomic E-state index is 11.7. The van der Waals surface area contributed by atoms with Gasteiger partial charge in [-0.2, -0.15) is 0 Å². The smallest absolute Gasteiger partial charge is 0.362 e. The van der Waals surface area contributed by atoms with Crippen LogP contribution in [0.15, 0.2) is 12.2 Å². The van der Waals surface area contributed by atoms with Gasteiger partial charge in [0.15, 0.2) is 6.04 Å². The number of aliphatic hydroxyl groups excluding tert-OH is 1. The van der Waals surface area contributed by atoms with E-state index in [0.29, 0.717) is 6.42 Å². The van der Waals surface area contributed by atoms with Gasteiger partial charge in [0.05, 0.1) is 19.1 Å². The Bertz CT molecular complexity index is 386. The van der Waals surface area contributed by atoms with Crippen molar-refractivity contribution in [1.29, 1.82) is 0 Å². The molecule has 0 aliphatic heterocycles. The summed E-state index contributed by atoms with van der Waals surface area (Å²) in [4.78, 5) is 23.4. The molecule has 0 heterocycles. The van der Waals surface area contributed by atoms with Gasteiger partial charge in [-0.3, -0.25) is 4.48 Å². The van der Waals surface area contributed by atoms with E-state index >= 15 is 0 Å². The lowest BCUT2D eigenvalue weighted by molar-refractivity contribution is -0.955. The number of rotatable bonds is 14. The normalized spacial score (nSPS) is 16.7. The summed E-state index contributed by atoms with van der Waals surface area (Å²) in [5.41, 5.74) is 0. The first-order chi connectivity index (χ1) is 11.4. The molecule has 0 rings (SSSR count). The summed E-state index contributed by atoms with van der Waals surface area (Å²) in [6, 6.07) is -1.85. The molecule has 0 aliphatic carbocycles. The highest BCUT2D eigenvalue weighted by Crippen LogP contribution is 2.25. The summed E-state index contributed by atoms with van der Waals surface area (Å²) in [5.74, 6) is -2.30. The minimum Gasteiger partial charge on any atom is -0.544 e. The summed E-state index contributed by atoms with van der Waals surface area (Å²) >= 11 is 0. The molecular weight excluding hydrogens is 310 g/mol. The van der Waals surface area contributed by atoms with E-state index in [1.807, 2.05) is 12.2 Å². The highest BCUT2D eigenvalue weighted by atomic mass is 16.4. The van der Waals surface area contributed by atoms with Crippen LogP contribution in [0, 0.1) is 0 Å². The fourth-order valence-electron chi connectivity index (χ4n) is 3.46. The molecule has 0 saturated carbocycles. The minimum absolute atomic E-state index is 0.0800. The molecule has 0 saturated heterocycles. The third-order valence-electron chi connectivity index (χ3n) is 4.67. The first-order valence-electron chi connectivity index (χ1n) is 8.97. The highest BCUT2D eigenvalue weighted by molar-refractivity contribution is 5.74. The Balaban J connectivity index is 5.56. The molecule has 3 atom stereocenters. The van der Waals surface area contributed by atoms with E-state index < -0.39 is 24.0 Å². The van der Waals surface area contributed by atoms with E-state index in [2.05, 4.69) is 6.92 Å². The zero-order valence-corrected chi connectivity index (χ0v) is 15.2. The first-order valence-corrected chi connectivity index (χ1v) is 8.97. The molecule has 0 bridgehead atoms. The molecule has 0 aromatic carbocycles. The van der Waals surface area contributed by atoms with Gasteiger partial charge in [0.2, 0.25) is 0 Å². The minimum atomic E-state index is -1.26. The third-order valence-corrected chi connectivity index (χ3v) is 4.67. The number of carboxylic acids is 2. The van der Waals surface area contributed by atoms with E-state index in [0.717, 1.165) is 25.7 Å². The van der Waals surface area contributed by atoms with Crippen molar-refractivity contribution in [2.45, 2.75) is 71.4 Å². The van der Waals surface area contributed by atoms with Gasteiger partial charge in [0.25, 0.3) is 0 Å². The van der Waals surface area contributed by atoms with Gasteiger partial charge in [0.1, 0.15) is 12.6 Å². The zero-order chi connectivity index (χ0) is 18.6. The van der Waals surface area contributed by atoms with Gasteiger partial charge in [-0.25, -0.2) is 4.79 Å². The number of carboxylic acid groups (broad SMARTS) is 2. The predicted octanol–water partition coefficient (Wildman–Crippen LogP) is 1.32. The fourth-order valence-corrected chi connectivity index (χ4v) is 3.46. The quantitative estimate of drug-likeness (QED) is 0.282. The second-order valence-corrected chi connectivity index (χ2v) is 6.21. The lowest BCUT2D eigenvalue weighted by Gasteiger charge is -2.47. The van der Waals surface area contributed by atoms with Gasteiger partial charge in [-0.15, -0.1) is 0 Å². The molecule has 6 heteroatoms. The van der Waals surface area contributed by atoms with E-state index in [4.69, 9.17) is 0 Å². The van der Waals surface area contributed by atoms with Crippen LogP contribution in [0.4, 0.5) is 0 Å². The van der Waals surface area contributed by atoms with Gasteiger partial charge >= 0.3 is 5.97 Å². The van der Waals surface area contributed by atoms with Gasteiger partial charge in [-0.05, 0) is 18.9 Å². The molecule has 0 aliphatic rings. The van der Waals surface area contributed by atoms with Crippen molar-refractivity contribution >= 4 is 11.9 Å². The van der Waals surface area contributed by atoms with Crippen LogP contribution in [0.25, 0.3) is 0 Å². The summed E-state index contributed by atoms with van der Waals surface area (Å²) in [6.07, 6.45) is 8.60. The second-order valence-electron chi connectivity index (χ2n) is 6.21. The Hall–Kier alpha value is -1.40. The maximum Gasteiger partial charge on any atom is 0.362 e. The van der Waals surface area contributed by atoms with Crippen LogP contribution in [-0.2, 0) is 9.59 Å². The molecule has 0 spiro atoms. The number of carbonyl (C=O) groups is 2. The molecule has 24 heavy (non-hydrogen) atoms. The Morgan fingerprint density at radius 2 is 1.71 bits per heavy atom.